The fourth-order valence-corrected chi connectivity index (χ4v) is 2.68. The average molecular weight is 185 g/mol. The summed E-state index contributed by atoms with van der Waals surface area (Å²) in [6.45, 7) is 6.95. The normalized spacial score (nSPS) is 39.2. The molecule has 1 heterocycles. The van der Waals surface area contributed by atoms with E-state index in [2.05, 4.69) is 4.90 Å². The number of nitrogens with zero attached hydrogens (tertiary/aromatic N) is 1. The Morgan fingerprint density at radius 1 is 1.31 bits per heavy atom. The Morgan fingerprint density at radius 3 is 2.23 bits per heavy atom. The van der Waals surface area contributed by atoms with E-state index in [4.69, 9.17) is 5.11 Å². The fourth-order valence-electron chi connectivity index (χ4n) is 2.68. The van der Waals surface area contributed by atoms with Crippen molar-refractivity contribution in [3.8, 4) is 0 Å². The van der Waals surface area contributed by atoms with Gasteiger partial charge in [0.25, 0.3) is 0 Å². The van der Waals surface area contributed by atoms with Crippen molar-refractivity contribution in [3.05, 3.63) is 0 Å². The van der Waals surface area contributed by atoms with Gasteiger partial charge in [0.2, 0.25) is 0 Å². The Bertz CT molecular complexity index is 188. The van der Waals surface area contributed by atoms with E-state index in [9.17, 15) is 5.11 Å². The summed E-state index contributed by atoms with van der Waals surface area (Å²) in [6, 6.07) is 0. The Balaban J connectivity index is 1.78. The Labute approximate surface area is 79.4 Å². The van der Waals surface area contributed by atoms with Gasteiger partial charge in [-0.3, -0.25) is 4.90 Å². The molecule has 0 amide bonds. The lowest BCUT2D eigenvalue weighted by molar-refractivity contribution is 0.0379. The molecule has 2 fully saturated rings. The van der Waals surface area contributed by atoms with Crippen LogP contribution in [0, 0.1) is 17.8 Å². The number of rotatable bonds is 3. The topological polar surface area (TPSA) is 43.7 Å². The second-order valence-corrected chi connectivity index (χ2v) is 5.18. The van der Waals surface area contributed by atoms with Crippen LogP contribution in [0.25, 0.3) is 0 Å². The first-order chi connectivity index (χ1) is 6.01. The lowest BCUT2D eigenvalue weighted by Gasteiger charge is -2.26. The van der Waals surface area contributed by atoms with Crippen LogP contribution in [-0.2, 0) is 0 Å². The third-order valence-electron chi connectivity index (χ3n) is 3.27. The molecule has 2 N–H and O–H groups in total. The smallest absolute Gasteiger partial charge is 0.0718 e. The zero-order chi connectivity index (χ0) is 9.64. The molecule has 13 heavy (non-hydrogen) atoms. The van der Waals surface area contributed by atoms with Crippen LogP contribution in [0.3, 0.4) is 0 Å². The van der Waals surface area contributed by atoms with Gasteiger partial charge in [-0.05, 0) is 31.6 Å². The highest BCUT2D eigenvalue weighted by Gasteiger charge is 2.55. The van der Waals surface area contributed by atoms with Gasteiger partial charge in [0.05, 0.1) is 5.60 Å². The summed E-state index contributed by atoms with van der Waals surface area (Å²) < 4.78 is 0. The summed E-state index contributed by atoms with van der Waals surface area (Å²) in [4.78, 5) is 2.31. The molecule has 1 aliphatic heterocycles. The van der Waals surface area contributed by atoms with Crippen LogP contribution >= 0.6 is 0 Å². The van der Waals surface area contributed by atoms with Crippen molar-refractivity contribution < 1.29 is 10.2 Å². The summed E-state index contributed by atoms with van der Waals surface area (Å²) in [5, 5.41) is 18.6. The number of piperidine rings is 1. The van der Waals surface area contributed by atoms with E-state index in [1.54, 1.807) is 0 Å². The maximum Gasteiger partial charge on any atom is 0.0718 e. The maximum absolute atomic E-state index is 9.61. The van der Waals surface area contributed by atoms with E-state index < -0.39 is 5.60 Å². The van der Waals surface area contributed by atoms with Gasteiger partial charge in [0.1, 0.15) is 0 Å². The van der Waals surface area contributed by atoms with Crippen LogP contribution in [0.15, 0.2) is 0 Å². The summed E-state index contributed by atoms with van der Waals surface area (Å²) in [6.07, 6.45) is 0. The summed E-state index contributed by atoms with van der Waals surface area (Å²) in [5.41, 5.74) is -0.578. The molecule has 76 valence electrons. The molecule has 0 aromatic heterocycles. The molecule has 3 nitrogen and oxygen atoms in total. The third kappa shape index (κ3) is 1.87. The van der Waals surface area contributed by atoms with Crippen LogP contribution in [-0.4, -0.2) is 47.0 Å². The lowest BCUT2D eigenvalue weighted by Crippen LogP contribution is -2.38. The standard InChI is InChI=1S/C10H19NO2/c1-10(2,13)6-11-3-7-8(4-11)9(7)5-12/h7-9,12-13H,3-6H2,1-2H3/t7-,8+,9?. The number of likely N-dealkylation sites (tertiary alicyclic amines) is 1. The molecule has 0 aromatic rings. The molecule has 0 spiro atoms. The van der Waals surface area contributed by atoms with E-state index in [0.29, 0.717) is 24.4 Å². The lowest BCUT2D eigenvalue weighted by atomic mass is 10.1. The van der Waals surface area contributed by atoms with Crippen molar-refractivity contribution in [3.63, 3.8) is 0 Å². The van der Waals surface area contributed by atoms with Gasteiger partial charge in [-0.15, -0.1) is 0 Å². The van der Waals surface area contributed by atoms with E-state index >= 15 is 0 Å². The number of fused-ring (bicyclic) bond motifs is 1. The Kier molecular flexibility index (Phi) is 2.13. The largest absolute Gasteiger partial charge is 0.396 e. The molecule has 1 saturated carbocycles. The number of β-amino-alcohol motifs (C(OH)–C–C–N with tert-alkyl or cyclic N) is 1. The molecule has 3 atom stereocenters. The first-order valence-electron chi connectivity index (χ1n) is 5.07. The fraction of sp³-hybridized carbons (Fsp3) is 1.00. The highest BCUT2D eigenvalue weighted by Crippen LogP contribution is 2.51. The van der Waals surface area contributed by atoms with E-state index in [1.165, 1.54) is 0 Å². The average Bonchev–Trinajstić information content (AvgIpc) is 2.44. The molecule has 2 rings (SSSR count). The zero-order valence-electron chi connectivity index (χ0n) is 8.40. The molecule has 2 aliphatic rings. The SMILES string of the molecule is CC(C)(O)CN1C[C@@H]2C(CO)[C@@H]2C1. The van der Waals surface area contributed by atoms with Crippen molar-refractivity contribution in [1.29, 1.82) is 0 Å². The van der Waals surface area contributed by atoms with E-state index in [1.807, 2.05) is 13.8 Å². The van der Waals surface area contributed by atoms with Crippen molar-refractivity contribution >= 4 is 0 Å². The van der Waals surface area contributed by atoms with E-state index in [-0.39, 0.29) is 0 Å². The zero-order valence-corrected chi connectivity index (χ0v) is 8.40. The molecular weight excluding hydrogens is 166 g/mol. The van der Waals surface area contributed by atoms with Crippen LogP contribution in [0.5, 0.6) is 0 Å². The van der Waals surface area contributed by atoms with Gasteiger partial charge in [0, 0.05) is 26.2 Å². The quantitative estimate of drug-likeness (QED) is 0.647. The minimum Gasteiger partial charge on any atom is -0.396 e. The van der Waals surface area contributed by atoms with E-state index in [0.717, 1.165) is 19.6 Å². The summed E-state index contributed by atoms with van der Waals surface area (Å²) >= 11 is 0. The van der Waals surface area contributed by atoms with Crippen LogP contribution in [0.1, 0.15) is 13.8 Å². The summed E-state index contributed by atoms with van der Waals surface area (Å²) in [7, 11) is 0. The van der Waals surface area contributed by atoms with Crippen molar-refractivity contribution in [2.75, 3.05) is 26.2 Å². The predicted molar refractivity (Wildman–Crippen MR) is 50.3 cm³/mol. The molecule has 0 bridgehead atoms. The van der Waals surface area contributed by atoms with Crippen molar-refractivity contribution in [1.82, 2.24) is 4.90 Å². The second-order valence-electron chi connectivity index (χ2n) is 5.18. The van der Waals surface area contributed by atoms with Crippen LogP contribution in [0.2, 0.25) is 0 Å². The molecule has 3 heteroatoms. The van der Waals surface area contributed by atoms with Gasteiger partial charge in [-0.2, -0.15) is 0 Å². The third-order valence-corrected chi connectivity index (χ3v) is 3.27. The highest BCUT2D eigenvalue weighted by atomic mass is 16.3. The van der Waals surface area contributed by atoms with Crippen LogP contribution in [0.4, 0.5) is 0 Å². The Morgan fingerprint density at radius 2 is 1.85 bits per heavy atom. The molecule has 1 unspecified atom stereocenters. The number of aliphatic hydroxyl groups excluding tert-OH is 1. The first kappa shape index (κ1) is 9.44. The van der Waals surface area contributed by atoms with Gasteiger partial charge in [0.15, 0.2) is 0 Å². The van der Waals surface area contributed by atoms with Gasteiger partial charge >= 0.3 is 0 Å². The predicted octanol–water partition coefficient (Wildman–Crippen LogP) is -0.0726. The van der Waals surface area contributed by atoms with Gasteiger partial charge in [-0.25, -0.2) is 0 Å². The minimum absolute atomic E-state index is 0.353. The van der Waals surface area contributed by atoms with Crippen molar-refractivity contribution in [2.45, 2.75) is 19.4 Å². The Hall–Kier alpha value is -0.120. The number of hydrogen-bond acceptors (Lipinski definition) is 3. The summed E-state index contributed by atoms with van der Waals surface area (Å²) in [5.74, 6) is 2.00. The number of aliphatic hydroxyl groups is 2. The molecule has 0 aromatic carbocycles. The maximum atomic E-state index is 9.61. The second kappa shape index (κ2) is 2.94. The minimum atomic E-state index is -0.578. The van der Waals surface area contributed by atoms with Crippen molar-refractivity contribution in [2.24, 2.45) is 17.8 Å². The van der Waals surface area contributed by atoms with Gasteiger partial charge in [-0.1, -0.05) is 0 Å². The highest BCUT2D eigenvalue weighted by molar-refractivity contribution is 5.05. The van der Waals surface area contributed by atoms with Crippen LogP contribution < -0.4 is 0 Å². The molecule has 0 radical (unpaired) electrons. The molecule has 1 saturated heterocycles. The van der Waals surface area contributed by atoms with Gasteiger partial charge < -0.3 is 10.2 Å². The monoisotopic (exact) mass is 185 g/mol. The number of hydrogen-bond donors (Lipinski definition) is 2. The first-order valence-corrected chi connectivity index (χ1v) is 5.07. The molecular formula is C10H19NO2. The molecule has 1 aliphatic carbocycles.